The number of nitrogens with zero attached hydrogens (tertiary/aromatic N) is 2. The number of carbonyl (C=O) groups is 1. The summed E-state index contributed by atoms with van der Waals surface area (Å²) in [6.07, 6.45) is 8.61. The van der Waals surface area contributed by atoms with Crippen molar-refractivity contribution in [3.8, 4) is 0 Å². The summed E-state index contributed by atoms with van der Waals surface area (Å²) in [4.78, 5) is 16.1. The van der Waals surface area contributed by atoms with Gasteiger partial charge in [-0.1, -0.05) is 18.2 Å². The van der Waals surface area contributed by atoms with E-state index in [1.165, 1.54) is 0 Å². The molecule has 0 unspecified atom stereocenters. The number of allylic oxidation sites excluding steroid dienone is 2. The summed E-state index contributed by atoms with van der Waals surface area (Å²) in [6, 6.07) is 0. The van der Waals surface area contributed by atoms with Gasteiger partial charge in [0.2, 0.25) is 5.91 Å². The molecule has 0 saturated carbocycles. The highest BCUT2D eigenvalue weighted by Gasteiger charge is 2.14. The minimum absolute atomic E-state index is 0.131. The average Bonchev–Trinajstić information content (AvgIpc) is 2.45. The van der Waals surface area contributed by atoms with Gasteiger partial charge in [0.15, 0.2) is 0 Å². The van der Waals surface area contributed by atoms with Gasteiger partial charge >= 0.3 is 0 Å². The maximum absolute atomic E-state index is 12.1. The lowest BCUT2D eigenvalue weighted by atomic mass is 10.3. The average molecular weight is 264 g/mol. The van der Waals surface area contributed by atoms with E-state index in [2.05, 4.69) is 18.1 Å². The maximum Gasteiger partial charge on any atom is 0.228 e. The van der Waals surface area contributed by atoms with Crippen molar-refractivity contribution in [1.82, 2.24) is 9.80 Å². The molecule has 0 aromatic carbocycles. The number of carbonyl (C=O) groups excluding carboxylic acids is 1. The van der Waals surface area contributed by atoms with Crippen LogP contribution in [0.4, 0.5) is 0 Å². The summed E-state index contributed by atoms with van der Waals surface area (Å²) in [5.74, 6) is 0.131. The third-order valence-corrected chi connectivity index (χ3v) is 2.98. The van der Waals surface area contributed by atoms with E-state index in [0.717, 1.165) is 39.3 Å². The van der Waals surface area contributed by atoms with E-state index in [1.807, 2.05) is 12.3 Å². The lowest BCUT2D eigenvalue weighted by Gasteiger charge is -2.27. The fourth-order valence-electron chi connectivity index (χ4n) is 1.89. The Morgan fingerprint density at radius 3 is 2.63 bits per heavy atom. The third-order valence-electron chi connectivity index (χ3n) is 2.98. The molecule has 0 spiro atoms. The molecule has 0 aliphatic carbocycles. The van der Waals surface area contributed by atoms with E-state index < -0.39 is 0 Å². The van der Waals surface area contributed by atoms with Gasteiger partial charge in [-0.25, -0.2) is 0 Å². The van der Waals surface area contributed by atoms with Crippen molar-refractivity contribution in [3.05, 3.63) is 37.6 Å². The first-order valence-electron chi connectivity index (χ1n) is 6.76. The zero-order chi connectivity index (χ0) is 13.9. The summed E-state index contributed by atoms with van der Waals surface area (Å²) >= 11 is 0. The van der Waals surface area contributed by atoms with Crippen molar-refractivity contribution in [2.75, 3.05) is 39.4 Å². The molecular weight excluding hydrogens is 240 g/mol. The standard InChI is InChI=1S/C15H24N2O2/c1-3-5-6-9-17(8-4-2)15(18)7-10-16-11-13-19-14-12-16/h3-4,6,9H,1-2,5,7-8,10-14H2/b9-6-. The summed E-state index contributed by atoms with van der Waals surface area (Å²) in [5, 5.41) is 0. The monoisotopic (exact) mass is 264 g/mol. The molecule has 1 saturated heterocycles. The number of hydrogen-bond donors (Lipinski definition) is 0. The largest absolute Gasteiger partial charge is 0.379 e. The molecule has 0 atom stereocenters. The van der Waals surface area contributed by atoms with Crippen molar-refractivity contribution < 1.29 is 9.53 Å². The molecule has 1 aliphatic heterocycles. The second kappa shape index (κ2) is 9.53. The van der Waals surface area contributed by atoms with Crippen LogP contribution in [-0.4, -0.2) is 55.1 Å². The van der Waals surface area contributed by atoms with Crippen LogP contribution in [0, 0.1) is 0 Å². The minimum atomic E-state index is 0.131. The van der Waals surface area contributed by atoms with E-state index in [9.17, 15) is 4.79 Å². The van der Waals surface area contributed by atoms with Gasteiger partial charge in [0.1, 0.15) is 0 Å². The second-order valence-electron chi connectivity index (χ2n) is 4.45. The van der Waals surface area contributed by atoms with Crippen LogP contribution in [-0.2, 0) is 9.53 Å². The molecule has 1 amide bonds. The zero-order valence-electron chi connectivity index (χ0n) is 11.6. The van der Waals surface area contributed by atoms with Crippen LogP contribution < -0.4 is 0 Å². The number of hydrogen-bond acceptors (Lipinski definition) is 3. The first-order valence-corrected chi connectivity index (χ1v) is 6.76. The molecule has 0 radical (unpaired) electrons. The Bertz CT molecular complexity index is 320. The molecule has 4 nitrogen and oxygen atoms in total. The highest BCUT2D eigenvalue weighted by molar-refractivity contribution is 5.77. The van der Waals surface area contributed by atoms with Gasteiger partial charge in [-0.15, -0.1) is 13.2 Å². The molecule has 0 aromatic heterocycles. The van der Waals surface area contributed by atoms with Crippen LogP contribution in [0.25, 0.3) is 0 Å². The van der Waals surface area contributed by atoms with Crippen LogP contribution in [0.1, 0.15) is 12.8 Å². The van der Waals surface area contributed by atoms with Crippen LogP contribution >= 0.6 is 0 Å². The molecule has 19 heavy (non-hydrogen) atoms. The van der Waals surface area contributed by atoms with Crippen molar-refractivity contribution in [3.63, 3.8) is 0 Å². The Balaban J connectivity index is 2.37. The van der Waals surface area contributed by atoms with Gasteiger partial charge in [-0.2, -0.15) is 0 Å². The summed E-state index contributed by atoms with van der Waals surface area (Å²) < 4.78 is 5.29. The van der Waals surface area contributed by atoms with Crippen LogP contribution in [0.2, 0.25) is 0 Å². The number of rotatable bonds is 8. The Hall–Kier alpha value is -1.39. The smallest absolute Gasteiger partial charge is 0.228 e. The molecule has 1 rings (SSSR count). The van der Waals surface area contributed by atoms with Crippen LogP contribution in [0.5, 0.6) is 0 Å². The van der Waals surface area contributed by atoms with E-state index in [-0.39, 0.29) is 5.91 Å². The minimum Gasteiger partial charge on any atom is -0.379 e. The van der Waals surface area contributed by atoms with E-state index in [0.29, 0.717) is 13.0 Å². The van der Waals surface area contributed by atoms with Gasteiger partial charge in [0.05, 0.1) is 13.2 Å². The van der Waals surface area contributed by atoms with E-state index in [1.54, 1.807) is 17.1 Å². The van der Waals surface area contributed by atoms with Gasteiger partial charge in [0, 0.05) is 38.8 Å². The number of amides is 1. The molecule has 0 bridgehead atoms. The number of morpholine rings is 1. The Morgan fingerprint density at radius 2 is 2.00 bits per heavy atom. The fourth-order valence-corrected chi connectivity index (χ4v) is 1.89. The topological polar surface area (TPSA) is 32.8 Å². The predicted molar refractivity (Wildman–Crippen MR) is 77.7 cm³/mol. The third kappa shape index (κ3) is 6.36. The first-order chi connectivity index (χ1) is 9.27. The van der Waals surface area contributed by atoms with Crippen LogP contribution in [0.15, 0.2) is 37.6 Å². The van der Waals surface area contributed by atoms with E-state index in [4.69, 9.17) is 4.74 Å². The maximum atomic E-state index is 12.1. The summed E-state index contributed by atoms with van der Waals surface area (Å²) in [5.41, 5.74) is 0. The molecule has 0 aromatic rings. The SMILES string of the molecule is C=CC/C=C\N(CC=C)C(=O)CCN1CCOCC1. The van der Waals surface area contributed by atoms with E-state index >= 15 is 0 Å². The Labute approximate surface area is 116 Å². The highest BCUT2D eigenvalue weighted by atomic mass is 16.5. The normalized spacial score (nSPS) is 16.4. The van der Waals surface area contributed by atoms with Crippen molar-refractivity contribution >= 4 is 5.91 Å². The predicted octanol–water partition coefficient (Wildman–Crippen LogP) is 1.81. The Morgan fingerprint density at radius 1 is 1.26 bits per heavy atom. The molecule has 4 heteroatoms. The molecule has 1 fully saturated rings. The molecule has 1 heterocycles. The molecule has 1 aliphatic rings. The molecule has 106 valence electrons. The Kier molecular flexibility index (Phi) is 7.86. The highest BCUT2D eigenvalue weighted by Crippen LogP contribution is 2.02. The van der Waals surface area contributed by atoms with Crippen molar-refractivity contribution in [2.45, 2.75) is 12.8 Å². The zero-order valence-corrected chi connectivity index (χ0v) is 11.6. The first kappa shape index (κ1) is 15.7. The summed E-state index contributed by atoms with van der Waals surface area (Å²) in [6.45, 7) is 12.1. The molecule has 0 N–H and O–H groups in total. The van der Waals surface area contributed by atoms with Gasteiger partial charge in [-0.05, 0) is 6.42 Å². The van der Waals surface area contributed by atoms with Gasteiger partial charge < -0.3 is 9.64 Å². The summed E-state index contributed by atoms with van der Waals surface area (Å²) in [7, 11) is 0. The van der Waals surface area contributed by atoms with Gasteiger partial charge in [-0.3, -0.25) is 9.69 Å². The quantitative estimate of drug-likeness (QED) is 0.627. The van der Waals surface area contributed by atoms with Crippen molar-refractivity contribution in [2.24, 2.45) is 0 Å². The number of ether oxygens (including phenoxy) is 1. The lowest BCUT2D eigenvalue weighted by Crippen LogP contribution is -2.39. The van der Waals surface area contributed by atoms with Crippen molar-refractivity contribution in [1.29, 1.82) is 0 Å². The second-order valence-corrected chi connectivity index (χ2v) is 4.45. The fraction of sp³-hybridized carbons (Fsp3) is 0.533. The van der Waals surface area contributed by atoms with Crippen LogP contribution in [0.3, 0.4) is 0 Å². The molecular formula is C15H24N2O2. The van der Waals surface area contributed by atoms with Gasteiger partial charge in [0.25, 0.3) is 0 Å². The lowest BCUT2D eigenvalue weighted by molar-refractivity contribution is -0.128.